The third-order valence-corrected chi connectivity index (χ3v) is 6.37. The second kappa shape index (κ2) is 7.08. The van der Waals surface area contributed by atoms with Crippen LogP contribution in [-0.4, -0.2) is 23.9 Å². The highest BCUT2D eigenvalue weighted by Gasteiger charge is 2.24. The number of nitrogens with zero attached hydrogens (tertiary/aromatic N) is 1. The molecule has 3 nitrogen and oxygen atoms in total. The lowest BCUT2D eigenvalue weighted by molar-refractivity contribution is 0.102. The van der Waals surface area contributed by atoms with Gasteiger partial charge in [0.25, 0.3) is 5.91 Å². The van der Waals surface area contributed by atoms with Crippen LogP contribution in [0.5, 0.6) is 0 Å². The Hall–Kier alpha value is -1.65. The average Bonchev–Trinajstić information content (AvgIpc) is 3.25. The summed E-state index contributed by atoms with van der Waals surface area (Å²) in [6.45, 7) is 3.38. The molecule has 0 unspecified atom stereocenters. The SMILES string of the molecule is O=C(Nc1sc2c(c1CN1CCCC1)CCCC2)c1ccccc1. The maximum Gasteiger partial charge on any atom is 0.256 e. The number of hydrogen-bond donors (Lipinski definition) is 1. The van der Waals surface area contributed by atoms with Crippen molar-refractivity contribution in [2.75, 3.05) is 18.4 Å². The van der Waals surface area contributed by atoms with Crippen LogP contribution >= 0.6 is 11.3 Å². The monoisotopic (exact) mass is 340 g/mol. The molecule has 2 heterocycles. The summed E-state index contributed by atoms with van der Waals surface area (Å²) in [5, 5.41) is 4.30. The number of carbonyl (C=O) groups excluding carboxylic acids is 1. The largest absolute Gasteiger partial charge is 0.313 e. The molecule has 0 spiro atoms. The predicted molar refractivity (Wildman–Crippen MR) is 99.9 cm³/mol. The first-order valence-electron chi connectivity index (χ1n) is 9.03. The van der Waals surface area contributed by atoms with Crippen LogP contribution in [0.3, 0.4) is 0 Å². The van der Waals surface area contributed by atoms with Crippen molar-refractivity contribution in [2.24, 2.45) is 0 Å². The van der Waals surface area contributed by atoms with Gasteiger partial charge in [0, 0.05) is 22.5 Å². The number of benzene rings is 1. The summed E-state index contributed by atoms with van der Waals surface area (Å²) in [4.78, 5) is 16.6. The maximum absolute atomic E-state index is 12.6. The molecule has 24 heavy (non-hydrogen) atoms. The van der Waals surface area contributed by atoms with Crippen LogP contribution in [0.4, 0.5) is 5.00 Å². The van der Waals surface area contributed by atoms with Crippen molar-refractivity contribution >= 4 is 22.2 Å². The van der Waals surface area contributed by atoms with Crippen LogP contribution in [-0.2, 0) is 19.4 Å². The highest BCUT2D eigenvalue weighted by Crippen LogP contribution is 2.39. The van der Waals surface area contributed by atoms with Crippen molar-refractivity contribution in [1.29, 1.82) is 0 Å². The summed E-state index contributed by atoms with van der Waals surface area (Å²) in [5.74, 6) is 0.0110. The molecule has 0 bridgehead atoms. The summed E-state index contributed by atoms with van der Waals surface area (Å²) >= 11 is 1.81. The van der Waals surface area contributed by atoms with E-state index in [-0.39, 0.29) is 5.91 Å². The Balaban J connectivity index is 1.61. The number of carbonyl (C=O) groups is 1. The Morgan fingerprint density at radius 2 is 1.79 bits per heavy atom. The second-order valence-electron chi connectivity index (χ2n) is 6.82. The number of likely N-dealkylation sites (tertiary alicyclic amines) is 1. The molecule has 4 rings (SSSR count). The maximum atomic E-state index is 12.6. The molecule has 4 heteroatoms. The number of hydrogen-bond acceptors (Lipinski definition) is 3. The lowest BCUT2D eigenvalue weighted by Crippen LogP contribution is -2.21. The fourth-order valence-electron chi connectivity index (χ4n) is 3.83. The minimum Gasteiger partial charge on any atom is -0.313 e. The van der Waals surface area contributed by atoms with Crippen molar-refractivity contribution in [3.05, 3.63) is 51.9 Å². The second-order valence-corrected chi connectivity index (χ2v) is 7.93. The van der Waals surface area contributed by atoms with Gasteiger partial charge in [-0.2, -0.15) is 0 Å². The molecule has 0 radical (unpaired) electrons. The third-order valence-electron chi connectivity index (χ3n) is 5.12. The topological polar surface area (TPSA) is 32.3 Å². The van der Waals surface area contributed by atoms with E-state index in [4.69, 9.17) is 0 Å². The molecule has 1 saturated heterocycles. The minimum absolute atomic E-state index is 0.0110. The van der Waals surface area contributed by atoms with E-state index in [2.05, 4.69) is 10.2 Å². The van der Waals surface area contributed by atoms with E-state index in [0.717, 1.165) is 17.1 Å². The van der Waals surface area contributed by atoms with Crippen molar-refractivity contribution in [2.45, 2.75) is 45.1 Å². The van der Waals surface area contributed by atoms with Crippen molar-refractivity contribution in [3.8, 4) is 0 Å². The van der Waals surface area contributed by atoms with Crippen LogP contribution < -0.4 is 5.32 Å². The van der Waals surface area contributed by atoms with Gasteiger partial charge in [0.05, 0.1) is 0 Å². The van der Waals surface area contributed by atoms with E-state index in [1.54, 1.807) is 0 Å². The first-order chi connectivity index (χ1) is 11.8. The number of nitrogens with one attached hydrogen (secondary N) is 1. The van der Waals surface area contributed by atoms with Crippen LogP contribution in [0, 0.1) is 0 Å². The third kappa shape index (κ3) is 3.26. The smallest absolute Gasteiger partial charge is 0.256 e. The van der Waals surface area contributed by atoms with Crippen LogP contribution in [0.15, 0.2) is 30.3 Å². The van der Waals surface area contributed by atoms with Gasteiger partial charge in [-0.15, -0.1) is 11.3 Å². The number of fused-ring (bicyclic) bond motifs is 1. The summed E-state index contributed by atoms with van der Waals surface area (Å²) in [7, 11) is 0. The number of thiophene rings is 1. The fourth-order valence-corrected chi connectivity index (χ4v) is 5.12. The molecule has 1 fully saturated rings. The zero-order valence-electron chi connectivity index (χ0n) is 14.0. The Labute approximate surface area is 147 Å². The molecule has 0 atom stereocenters. The van der Waals surface area contributed by atoms with E-state index >= 15 is 0 Å². The molecular weight excluding hydrogens is 316 g/mol. The molecule has 2 aliphatic rings. The zero-order valence-corrected chi connectivity index (χ0v) is 14.8. The number of rotatable bonds is 4. The Kier molecular flexibility index (Phi) is 4.67. The van der Waals surface area contributed by atoms with Gasteiger partial charge >= 0.3 is 0 Å². The van der Waals surface area contributed by atoms with Crippen LogP contribution in [0.25, 0.3) is 0 Å². The van der Waals surface area contributed by atoms with Crippen LogP contribution in [0.2, 0.25) is 0 Å². The zero-order chi connectivity index (χ0) is 16.4. The molecule has 2 aromatic rings. The average molecular weight is 340 g/mol. The Morgan fingerprint density at radius 3 is 2.58 bits per heavy atom. The van der Waals surface area contributed by atoms with E-state index < -0.39 is 0 Å². The number of aryl methyl sites for hydroxylation is 1. The van der Waals surface area contributed by atoms with Gasteiger partial charge in [0.2, 0.25) is 0 Å². The van der Waals surface area contributed by atoms with Crippen molar-refractivity contribution < 1.29 is 4.79 Å². The standard InChI is InChI=1S/C20H24N2OS/c23-19(15-8-2-1-3-9-15)21-20-17(14-22-12-6-7-13-22)16-10-4-5-11-18(16)24-20/h1-3,8-9H,4-7,10-14H2,(H,21,23). The minimum atomic E-state index is 0.0110. The molecule has 0 saturated carbocycles. The normalized spacial score (nSPS) is 17.7. The first-order valence-corrected chi connectivity index (χ1v) is 9.85. The van der Waals surface area contributed by atoms with Crippen LogP contribution in [0.1, 0.15) is 52.0 Å². The highest BCUT2D eigenvalue weighted by atomic mass is 32.1. The summed E-state index contributed by atoms with van der Waals surface area (Å²) in [6.07, 6.45) is 7.52. The van der Waals surface area contributed by atoms with E-state index in [9.17, 15) is 4.79 Å². The lowest BCUT2D eigenvalue weighted by atomic mass is 9.95. The summed E-state index contributed by atoms with van der Waals surface area (Å²) in [6, 6.07) is 9.53. The van der Waals surface area contributed by atoms with Crippen molar-refractivity contribution in [1.82, 2.24) is 4.90 Å². The molecule has 1 aromatic carbocycles. The Morgan fingerprint density at radius 1 is 1.04 bits per heavy atom. The predicted octanol–water partition coefficient (Wildman–Crippen LogP) is 4.48. The molecule has 1 aliphatic carbocycles. The van der Waals surface area contributed by atoms with Gasteiger partial charge in [-0.1, -0.05) is 18.2 Å². The van der Waals surface area contributed by atoms with Gasteiger partial charge in [0.15, 0.2) is 0 Å². The summed E-state index contributed by atoms with van der Waals surface area (Å²) in [5.41, 5.74) is 3.65. The van der Waals surface area contributed by atoms with E-state index in [1.807, 2.05) is 41.7 Å². The molecular formula is C20H24N2OS. The highest BCUT2D eigenvalue weighted by molar-refractivity contribution is 7.16. The quantitative estimate of drug-likeness (QED) is 0.890. The van der Waals surface area contributed by atoms with E-state index in [1.165, 1.54) is 67.6 Å². The van der Waals surface area contributed by atoms with Gasteiger partial charge in [0.1, 0.15) is 5.00 Å². The lowest BCUT2D eigenvalue weighted by Gasteiger charge is -2.18. The van der Waals surface area contributed by atoms with Gasteiger partial charge in [-0.3, -0.25) is 9.69 Å². The first kappa shape index (κ1) is 15.9. The molecule has 1 aromatic heterocycles. The number of amides is 1. The Bertz CT molecular complexity index is 717. The van der Waals surface area contributed by atoms with E-state index in [0.29, 0.717) is 0 Å². The van der Waals surface area contributed by atoms with Gasteiger partial charge in [-0.25, -0.2) is 0 Å². The van der Waals surface area contributed by atoms with Gasteiger partial charge in [-0.05, 0) is 69.3 Å². The summed E-state index contributed by atoms with van der Waals surface area (Å²) < 4.78 is 0. The van der Waals surface area contributed by atoms with Crippen molar-refractivity contribution in [3.63, 3.8) is 0 Å². The molecule has 1 amide bonds. The van der Waals surface area contributed by atoms with Gasteiger partial charge < -0.3 is 5.32 Å². The number of anilines is 1. The molecule has 1 aliphatic heterocycles. The molecule has 126 valence electrons. The molecule has 1 N–H and O–H groups in total. The fraction of sp³-hybridized carbons (Fsp3) is 0.450.